The van der Waals surface area contributed by atoms with Crippen LogP contribution in [0.2, 0.25) is 0 Å². The summed E-state index contributed by atoms with van der Waals surface area (Å²) < 4.78 is 24.0. The third kappa shape index (κ3) is 6.87. The molecule has 0 aromatic heterocycles. The molecule has 0 saturated carbocycles. The molecule has 0 bridgehead atoms. The van der Waals surface area contributed by atoms with Crippen molar-refractivity contribution in [3.8, 4) is 0 Å². The third-order valence-corrected chi connectivity index (χ3v) is 5.32. The van der Waals surface area contributed by atoms with Gasteiger partial charge in [-0.25, -0.2) is 12.1 Å². The minimum absolute atomic E-state index is 0. The SMILES string of the molecule is CC1(C)O[C@H]2O[C@H](CNC([O-])=C3C=CC=C3)[C@H](OCc3ccccc3)[C@H]2O1.[Fe+2].c1cc[cH-]c1. The van der Waals surface area contributed by atoms with Crippen molar-refractivity contribution >= 4 is 0 Å². The number of fused-ring (bicyclic) bond motifs is 1. The molecule has 3 aliphatic rings. The number of allylic oxidation sites excluding steroid dienone is 5. The summed E-state index contributed by atoms with van der Waals surface area (Å²) in [6.45, 7) is 4.48. The number of benzene rings is 1. The first-order valence-corrected chi connectivity index (χ1v) is 10.8. The maximum Gasteiger partial charge on any atom is 2.00 e. The molecule has 2 aliphatic heterocycles. The molecule has 176 valence electrons. The van der Waals surface area contributed by atoms with Crippen LogP contribution in [0.25, 0.3) is 0 Å². The van der Waals surface area contributed by atoms with Crippen molar-refractivity contribution in [1.29, 1.82) is 0 Å². The Morgan fingerprint density at radius 2 is 1.76 bits per heavy atom. The minimum atomic E-state index is -0.715. The predicted octanol–water partition coefficient (Wildman–Crippen LogP) is 3.14. The molecular weight excluding hydrogens is 462 g/mol. The molecule has 2 heterocycles. The van der Waals surface area contributed by atoms with Crippen LogP contribution in [-0.4, -0.2) is 36.9 Å². The first-order chi connectivity index (χ1) is 15.5. The van der Waals surface area contributed by atoms with Crippen molar-refractivity contribution in [2.45, 2.75) is 50.8 Å². The largest absolute Gasteiger partial charge is 2.00 e. The summed E-state index contributed by atoms with van der Waals surface area (Å²) in [6.07, 6.45) is 5.71. The Morgan fingerprint density at radius 3 is 2.39 bits per heavy atom. The van der Waals surface area contributed by atoms with E-state index in [1.165, 1.54) is 0 Å². The topological polar surface area (TPSA) is 72.0 Å². The van der Waals surface area contributed by atoms with Gasteiger partial charge < -0.3 is 29.4 Å². The van der Waals surface area contributed by atoms with Crippen LogP contribution in [-0.2, 0) is 42.6 Å². The molecule has 1 N–H and O–H groups in total. The fourth-order valence-corrected chi connectivity index (χ4v) is 3.82. The van der Waals surface area contributed by atoms with Crippen molar-refractivity contribution in [3.63, 3.8) is 0 Å². The van der Waals surface area contributed by atoms with Gasteiger partial charge in [0.25, 0.3) is 0 Å². The molecular formula is C26H29FeNO5. The Labute approximate surface area is 205 Å². The van der Waals surface area contributed by atoms with E-state index in [9.17, 15) is 5.11 Å². The van der Waals surface area contributed by atoms with E-state index >= 15 is 0 Å². The molecule has 0 spiro atoms. The molecule has 33 heavy (non-hydrogen) atoms. The zero-order valence-corrected chi connectivity index (χ0v) is 19.8. The van der Waals surface area contributed by atoms with Crippen LogP contribution in [0.15, 0.2) is 96.4 Å². The fraction of sp³-hybridized carbons (Fsp3) is 0.346. The van der Waals surface area contributed by atoms with Crippen molar-refractivity contribution in [2.24, 2.45) is 0 Å². The molecule has 0 amide bonds. The van der Waals surface area contributed by atoms with Crippen LogP contribution < -0.4 is 10.4 Å². The van der Waals surface area contributed by atoms with Gasteiger partial charge in [0.2, 0.25) is 0 Å². The molecule has 2 saturated heterocycles. The van der Waals surface area contributed by atoms with Gasteiger partial charge in [-0.3, -0.25) is 0 Å². The first kappa shape index (κ1) is 25.4. The zero-order chi connectivity index (χ0) is 22.4. The molecule has 0 radical (unpaired) electrons. The van der Waals surface area contributed by atoms with Gasteiger partial charge in [-0.15, -0.1) is 0 Å². The van der Waals surface area contributed by atoms with Crippen LogP contribution in [0.3, 0.4) is 0 Å². The van der Waals surface area contributed by atoms with E-state index in [-0.39, 0.29) is 41.3 Å². The normalized spacial score (nSPS) is 26.3. The predicted molar refractivity (Wildman–Crippen MR) is 119 cm³/mol. The van der Waals surface area contributed by atoms with Crippen molar-refractivity contribution < 1.29 is 41.1 Å². The standard InChI is InChI=1S/C21H25NO5.C5H5.Fe/c1-21(2)26-18-17(24-13-14-8-4-3-5-9-14)16(25-20(18)27-21)12-22-19(23)15-10-6-7-11-15;1-2-4-5-3-1;/h3-11,16-18,20,22-23H,12-13H2,1-2H3;1-5H;/q;-1;+2/p-1/t16-,17+,18-,20-;;/m1../s1. The van der Waals surface area contributed by atoms with Gasteiger partial charge in [-0.2, -0.15) is 18.2 Å². The Bertz CT molecular complexity index is 908. The summed E-state index contributed by atoms with van der Waals surface area (Å²) >= 11 is 0. The van der Waals surface area contributed by atoms with Crippen LogP contribution in [0.1, 0.15) is 19.4 Å². The van der Waals surface area contributed by atoms with E-state index < -0.39 is 12.1 Å². The zero-order valence-electron chi connectivity index (χ0n) is 18.7. The summed E-state index contributed by atoms with van der Waals surface area (Å²) in [4.78, 5) is 0. The molecule has 2 aromatic rings. The first-order valence-electron chi connectivity index (χ1n) is 10.8. The van der Waals surface area contributed by atoms with Gasteiger partial charge in [0.15, 0.2) is 12.1 Å². The summed E-state index contributed by atoms with van der Waals surface area (Å²) in [7, 11) is 0. The van der Waals surface area contributed by atoms with Crippen molar-refractivity contribution in [1.82, 2.24) is 5.32 Å². The van der Waals surface area contributed by atoms with Crippen molar-refractivity contribution in [3.05, 3.63) is 102 Å². The molecule has 5 rings (SSSR count). The monoisotopic (exact) mass is 491 g/mol. The van der Waals surface area contributed by atoms with E-state index in [0.717, 1.165) is 5.56 Å². The molecule has 1 aliphatic carbocycles. The summed E-state index contributed by atoms with van der Waals surface area (Å²) in [5.41, 5.74) is 1.70. The average Bonchev–Trinajstić information content (AvgIpc) is 3.57. The van der Waals surface area contributed by atoms with Gasteiger partial charge >= 0.3 is 17.1 Å². The molecule has 6 nitrogen and oxygen atoms in total. The fourth-order valence-electron chi connectivity index (χ4n) is 3.82. The minimum Gasteiger partial charge on any atom is -0.860 e. The Kier molecular flexibility index (Phi) is 9.03. The Hall–Kier alpha value is -2.25. The summed E-state index contributed by atoms with van der Waals surface area (Å²) in [5.74, 6) is -0.850. The van der Waals surface area contributed by atoms with Crippen LogP contribution >= 0.6 is 0 Å². The molecule has 4 atom stereocenters. The quantitative estimate of drug-likeness (QED) is 0.381. The number of hydrogen-bond acceptors (Lipinski definition) is 6. The summed E-state index contributed by atoms with van der Waals surface area (Å²) in [6, 6.07) is 19.9. The molecule has 2 aromatic carbocycles. The molecule has 2 fully saturated rings. The second-order valence-corrected chi connectivity index (χ2v) is 8.25. The van der Waals surface area contributed by atoms with Gasteiger partial charge in [-0.1, -0.05) is 54.6 Å². The van der Waals surface area contributed by atoms with Gasteiger partial charge in [0.05, 0.1) is 6.61 Å². The van der Waals surface area contributed by atoms with Gasteiger partial charge in [0, 0.05) is 6.54 Å². The van der Waals surface area contributed by atoms with E-state index in [2.05, 4.69) is 5.32 Å². The van der Waals surface area contributed by atoms with E-state index in [1.54, 1.807) is 12.2 Å². The number of rotatable bonds is 6. The van der Waals surface area contributed by atoms with Crippen molar-refractivity contribution in [2.75, 3.05) is 6.54 Å². The number of ether oxygens (including phenoxy) is 4. The second kappa shape index (κ2) is 11.7. The van der Waals surface area contributed by atoms with E-state index in [0.29, 0.717) is 18.7 Å². The maximum absolute atomic E-state index is 12.2. The molecule has 7 heteroatoms. The maximum atomic E-state index is 12.2. The Morgan fingerprint density at radius 1 is 1.06 bits per heavy atom. The number of hydrogen-bond donors (Lipinski definition) is 1. The summed E-state index contributed by atoms with van der Waals surface area (Å²) in [5, 5.41) is 15.1. The van der Waals surface area contributed by atoms with Crippen LogP contribution in [0, 0.1) is 0 Å². The van der Waals surface area contributed by atoms with Gasteiger partial charge in [-0.05, 0) is 30.9 Å². The number of nitrogens with one attached hydrogen (secondary N) is 1. The van der Waals surface area contributed by atoms with Gasteiger partial charge in [0.1, 0.15) is 18.3 Å². The van der Waals surface area contributed by atoms with Crippen LogP contribution in [0.5, 0.6) is 0 Å². The third-order valence-electron chi connectivity index (χ3n) is 5.32. The second-order valence-electron chi connectivity index (χ2n) is 8.25. The van der Waals surface area contributed by atoms with Crippen LogP contribution in [0.4, 0.5) is 0 Å². The van der Waals surface area contributed by atoms with E-state index in [1.807, 2.05) is 86.7 Å². The Balaban J connectivity index is 0.000000453. The average molecular weight is 491 g/mol. The smallest absolute Gasteiger partial charge is 0.860 e. The van der Waals surface area contributed by atoms with E-state index in [4.69, 9.17) is 18.9 Å². The molecule has 0 unspecified atom stereocenters.